The number of pyridine rings is 1. The van der Waals surface area contributed by atoms with Gasteiger partial charge in [0.05, 0.1) is 13.2 Å². The van der Waals surface area contributed by atoms with Crippen LogP contribution in [-0.2, 0) is 16.1 Å². The van der Waals surface area contributed by atoms with Gasteiger partial charge < -0.3 is 20.5 Å². The first-order valence-corrected chi connectivity index (χ1v) is 11.7. The average molecular weight is 464 g/mol. The highest BCUT2D eigenvalue weighted by Crippen LogP contribution is 2.29. The number of carbonyl (C=O) groups is 2. The number of aromatic nitrogens is 1. The second-order valence-electron chi connectivity index (χ2n) is 7.46. The van der Waals surface area contributed by atoms with Crippen LogP contribution in [0.15, 0.2) is 67.0 Å². The van der Waals surface area contributed by atoms with Crippen molar-refractivity contribution in [3.63, 3.8) is 0 Å². The Morgan fingerprint density at radius 2 is 2.03 bits per heavy atom. The minimum Gasteiger partial charge on any atom is -0.493 e. The largest absolute Gasteiger partial charge is 0.493 e. The predicted octanol–water partition coefficient (Wildman–Crippen LogP) is 3.89. The number of thioether (sulfide) groups is 1. The second kappa shape index (κ2) is 11.0. The fourth-order valence-corrected chi connectivity index (χ4v) is 4.47. The summed E-state index contributed by atoms with van der Waals surface area (Å²) in [4.78, 5) is 28.3. The fourth-order valence-electron chi connectivity index (χ4n) is 3.53. The van der Waals surface area contributed by atoms with Gasteiger partial charge in [-0.3, -0.25) is 14.6 Å². The Balaban J connectivity index is 1.45. The molecule has 4 rings (SSSR count). The third-order valence-electron chi connectivity index (χ3n) is 5.23. The number of rotatable bonds is 9. The smallest absolute Gasteiger partial charge is 0.319 e. The number of amides is 1. The van der Waals surface area contributed by atoms with Gasteiger partial charge in [-0.15, -0.1) is 11.8 Å². The third kappa shape index (κ3) is 5.91. The highest BCUT2D eigenvalue weighted by Gasteiger charge is 2.26. The predicted molar refractivity (Wildman–Crippen MR) is 129 cm³/mol. The van der Waals surface area contributed by atoms with Crippen LogP contribution in [0.3, 0.4) is 0 Å². The quantitative estimate of drug-likeness (QED) is 0.367. The summed E-state index contributed by atoms with van der Waals surface area (Å²) >= 11 is 1.56. The molecule has 0 aliphatic carbocycles. The van der Waals surface area contributed by atoms with Gasteiger partial charge in [0.2, 0.25) is 0 Å². The van der Waals surface area contributed by atoms with Crippen LogP contribution in [0.2, 0.25) is 0 Å². The molecule has 170 valence electrons. The van der Waals surface area contributed by atoms with Crippen molar-refractivity contribution in [1.82, 2.24) is 4.98 Å². The normalized spacial score (nSPS) is 15.2. The summed E-state index contributed by atoms with van der Waals surface area (Å²) in [6, 6.07) is 16.7. The maximum absolute atomic E-state index is 12.7. The zero-order valence-electron chi connectivity index (χ0n) is 18.0. The number of ether oxygens (including phenoxy) is 2. The average Bonchev–Trinajstić information content (AvgIpc) is 3.26. The summed E-state index contributed by atoms with van der Waals surface area (Å²) in [6.45, 7) is 1.33. The maximum atomic E-state index is 12.7. The van der Waals surface area contributed by atoms with Crippen LogP contribution in [0, 0.1) is 0 Å². The number of hydrogen-bond donors (Lipinski definition) is 2. The summed E-state index contributed by atoms with van der Waals surface area (Å²) in [7, 11) is 0. The summed E-state index contributed by atoms with van der Waals surface area (Å²) in [5.41, 5.74) is 9.91. The lowest BCUT2D eigenvalue weighted by molar-refractivity contribution is -0.137. The van der Waals surface area contributed by atoms with Crippen LogP contribution < -0.4 is 15.8 Å². The first-order valence-electron chi connectivity index (χ1n) is 10.7. The molecule has 1 fully saturated rings. The maximum Gasteiger partial charge on any atom is 0.319 e. The van der Waals surface area contributed by atoms with E-state index in [1.54, 1.807) is 42.4 Å². The van der Waals surface area contributed by atoms with Crippen molar-refractivity contribution in [2.45, 2.75) is 18.2 Å². The highest BCUT2D eigenvalue weighted by atomic mass is 32.2. The molecule has 1 atom stereocenters. The van der Waals surface area contributed by atoms with E-state index in [1.807, 2.05) is 36.4 Å². The van der Waals surface area contributed by atoms with Gasteiger partial charge in [-0.05, 0) is 53.1 Å². The lowest BCUT2D eigenvalue weighted by Gasteiger charge is -2.13. The molecule has 7 nitrogen and oxygen atoms in total. The molecule has 1 aromatic heterocycles. The topological polar surface area (TPSA) is 104 Å². The molecule has 2 aromatic carbocycles. The van der Waals surface area contributed by atoms with Gasteiger partial charge in [0.1, 0.15) is 11.0 Å². The number of benzene rings is 2. The Bertz CT molecular complexity index is 1120. The molecule has 2 heterocycles. The lowest BCUT2D eigenvalue weighted by Crippen LogP contribution is -2.13. The Morgan fingerprint density at radius 3 is 2.79 bits per heavy atom. The van der Waals surface area contributed by atoms with Crippen LogP contribution in [0.4, 0.5) is 5.69 Å². The molecule has 1 aliphatic rings. The number of anilines is 1. The Hall–Kier alpha value is -3.36. The van der Waals surface area contributed by atoms with Crippen molar-refractivity contribution < 1.29 is 19.1 Å². The van der Waals surface area contributed by atoms with Gasteiger partial charge in [0, 0.05) is 42.4 Å². The second-order valence-corrected chi connectivity index (χ2v) is 8.77. The number of cyclic esters (lactones) is 1. The van der Waals surface area contributed by atoms with Crippen molar-refractivity contribution >= 4 is 29.3 Å². The van der Waals surface area contributed by atoms with E-state index in [9.17, 15) is 9.59 Å². The number of hydrogen-bond acceptors (Lipinski definition) is 7. The molecule has 3 N–H and O–H groups in total. The van der Waals surface area contributed by atoms with E-state index >= 15 is 0 Å². The van der Waals surface area contributed by atoms with E-state index in [4.69, 9.17) is 15.2 Å². The molecule has 1 saturated heterocycles. The number of nitrogens with one attached hydrogen (secondary N) is 1. The molecule has 1 unspecified atom stereocenters. The molecular weight excluding hydrogens is 438 g/mol. The van der Waals surface area contributed by atoms with E-state index < -0.39 is 0 Å². The van der Waals surface area contributed by atoms with Gasteiger partial charge in [-0.25, -0.2) is 0 Å². The zero-order valence-corrected chi connectivity index (χ0v) is 18.8. The van der Waals surface area contributed by atoms with Crippen molar-refractivity contribution in [3.8, 4) is 16.9 Å². The van der Waals surface area contributed by atoms with Crippen molar-refractivity contribution in [2.24, 2.45) is 5.73 Å². The number of nitrogens with two attached hydrogens (primary N) is 1. The van der Waals surface area contributed by atoms with Gasteiger partial charge in [-0.2, -0.15) is 0 Å². The molecule has 8 heteroatoms. The van der Waals surface area contributed by atoms with E-state index in [0.29, 0.717) is 36.8 Å². The summed E-state index contributed by atoms with van der Waals surface area (Å²) in [5, 5.41) is 2.79. The summed E-state index contributed by atoms with van der Waals surface area (Å²) < 4.78 is 10.9. The van der Waals surface area contributed by atoms with Gasteiger partial charge >= 0.3 is 5.97 Å². The highest BCUT2D eigenvalue weighted by molar-refractivity contribution is 8.00. The molecule has 1 aliphatic heterocycles. The first-order chi connectivity index (χ1) is 16.1. The summed E-state index contributed by atoms with van der Waals surface area (Å²) in [5.74, 6) is 1.07. The van der Waals surface area contributed by atoms with Crippen molar-refractivity contribution in [2.75, 3.05) is 24.3 Å². The molecular formula is C25H25N3O4S. The van der Waals surface area contributed by atoms with Crippen LogP contribution >= 0.6 is 11.8 Å². The monoisotopic (exact) mass is 463 g/mol. The molecule has 3 aromatic rings. The van der Waals surface area contributed by atoms with E-state index in [-0.39, 0.29) is 17.1 Å². The van der Waals surface area contributed by atoms with Crippen LogP contribution in [0.1, 0.15) is 22.3 Å². The standard InChI is InChI=1S/C25H25N3O4S/c26-16-19-5-4-18(24(29)28-20-6-9-27-10-7-20)15-22(19)17-2-1-3-21(14-17)31-12-13-33-23-8-11-32-25(23)30/h1-7,9-10,14-15,23H,8,11-13,16,26H2,(H,27,28,29). The molecule has 1 amide bonds. The van der Waals surface area contributed by atoms with E-state index in [1.165, 1.54) is 0 Å². The molecule has 0 spiro atoms. The van der Waals surface area contributed by atoms with Crippen molar-refractivity contribution in [3.05, 3.63) is 78.1 Å². The third-order valence-corrected chi connectivity index (χ3v) is 6.47. The summed E-state index contributed by atoms with van der Waals surface area (Å²) in [6.07, 6.45) is 4.01. The van der Waals surface area contributed by atoms with Crippen LogP contribution in [0.5, 0.6) is 5.75 Å². The van der Waals surface area contributed by atoms with E-state index in [2.05, 4.69) is 10.3 Å². The van der Waals surface area contributed by atoms with Crippen LogP contribution in [-0.4, -0.2) is 41.1 Å². The number of nitrogens with zero attached hydrogens (tertiary/aromatic N) is 1. The first kappa shape index (κ1) is 22.8. The molecule has 0 saturated carbocycles. The van der Waals surface area contributed by atoms with Crippen molar-refractivity contribution in [1.29, 1.82) is 0 Å². The molecule has 0 radical (unpaired) electrons. The van der Waals surface area contributed by atoms with Gasteiger partial charge in [0.25, 0.3) is 5.91 Å². The minimum atomic E-state index is -0.208. The number of carbonyl (C=O) groups excluding carboxylic acids is 2. The SMILES string of the molecule is NCc1ccc(C(=O)Nc2ccncc2)cc1-c1cccc(OCCSC2CCOC2=O)c1. The lowest BCUT2D eigenvalue weighted by atomic mass is 9.96. The zero-order chi connectivity index (χ0) is 23.0. The fraction of sp³-hybridized carbons (Fsp3) is 0.240. The number of esters is 1. The minimum absolute atomic E-state index is 0.0897. The Morgan fingerprint density at radius 1 is 1.18 bits per heavy atom. The van der Waals surface area contributed by atoms with Gasteiger partial charge in [0.15, 0.2) is 0 Å². The van der Waals surface area contributed by atoms with Crippen LogP contribution in [0.25, 0.3) is 11.1 Å². The van der Waals surface area contributed by atoms with E-state index in [0.717, 1.165) is 28.9 Å². The Kier molecular flexibility index (Phi) is 7.59. The molecule has 0 bridgehead atoms. The van der Waals surface area contributed by atoms with Gasteiger partial charge in [-0.1, -0.05) is 18.2 Å². The molecule has 33 heavy (non-hydrogen) atoms. The Labute approximate surface area is 196 Å².